The van der Waals surface area contributed by atoms with Gasteiger partial charge in [-0.25, -0.2) is 0 Å². The Hall–Kier alpha value is 0.480. The predicted octanol–water partition coefficient (Wildman–Crippen LogP) is 2.11. The van der Waals surface area contributed by atoms with E-state index >= 15 is 0 Å². The summed E-state index contributed by atoms with van der Waals surface area (Å²) in [6.07, 6.45) is 2.29. The van der Waals surface area contributed by atoms with Gasteiger partial charge < -0.3 is 10.2 Å². The predicted molar refractivity (Wildman–Crippen MR) is 77.7 cm³/mol. The Bertz CT molecular complexity index is 196. The zero-order chi connectivity index (χ0) is 11.0. The van der Waals surface area contributed by atoms with Gasteiger partial charge in [0.15, 0.2) is 0 Å². The molecule has 0 atom stereocenters. The smallest absolute Gasteiger partial charge is 0.133 e. The Morgan fingerprint density at radius 2 is 1.93 bits per heavy atom. The second-order valence-corrected chi connectivity index (χ2v) is 5.13. The summed E-state index contributed by atoms with van der Waals surface area (Å²) in [5, 5.41) is 2.97. The zero-order valence-corrected chi connectivity index (χ0v) is 11.6. The number of hydrogen-bond acceptors (Lipinski definition) is 2. The van der Waals surface area contributed by atoms with E-state index in [0.29, 0.717) is 8.64 Å². The third-order valence-electron chi connectivity index (χ3n) is 1.71. The lowest BCUT2D eigenvalue weighted by Gasteiger charge is -2.22. The summed E-state index contributed by atoms with van der Waals surface area (Å²) in [6, 6.07) is 0. The Balaban J connectivity index is 3.73. The standard InChI is InChI=1S/C8H16N2S4/c1-2-3-5-10(8(13)14)6-4-9-7(11)12/h2-6H2,1H3,(H,13,14)(H2,9,11,12). The minimum atomic E-state index is 0.519. The number of unbranched alkanes of at least 4 members (excludes halogenated alkanes) is 1. The molecule has 0 saturated heterocycles. The van der Waals surface area contributed by atoms with Crippen LogP contribution >= 0.6 is 49.7 Å². The van der Waals surface area contributed by atoms with Crippen LogP contribution in [-0.4, -0.2) is 33.2 Å². The van der Waals surface area contributed by atoms with Crippen molar-refractivity contribution in [3.63, 3.8) is 0 Å². The van der Waals surface area contributed by atoms with Gasteiger partial charge in [0.05, 0.1) is 0 Å². The molecule has 0 radical (unpaired) electrons. The van der Waals surface area contributed by atoms with Crippen LogP contribution in [0.2, 0.25) is 0 Å². The summed E-state index contributed by atoms with van der Waals surface area (Å²) >= 11 is 17.9. The number of nitrogens with zero attached hydrogens (tertiary/aromatic N) is 1. The molecular formula is C8H16N2S4. The lowest BCUT2D eigenvalue weighted by Crippen LogP contribution is -2.35. The molecule has 0 spiro atoms. The second kappa shape index (κ2) is 8.76. The van der Waals surface area contributed by atoms with Crippen LogP contribution < -0.4 is 5.32 Å². The normalized spacial score (nSPS) is 9.64. The number of hydrogen-bond donors (Lipinski definition) is 3. The van der Waals surface area contributed by atoms with Crippen molar-refractivity contribution >= 4 is 58.3 Å². The van der Waals surface area contributed by atoms with Crippen molar-refractivity contribution in [3.05, 3.63) is 0 Å². The van der Waals surface area contributed by atoms with Crippen molar-refractivity contribution in [1.29, 1.82) is 0 Å². The lowest BCUT2D eigenvalue weighted by atomic mass is 10.3. The monoisotopic (exact) mass is 268 g/mol. The van der Waals surface area contributed by atoms with Crippen molar-refractivity contribution in [1.82, 2.24) is 10.2 Å². The molecule has 0 fully saturated rings. The summed E-state index contributed by atoms with van der Waals surface area (Å²) < 4.78 is 1.16. The average molecular weight is 268 g/mol. The van der Waals surface area contributed by atoms with Gasteiger partial charge in [-0.05, 0) is 6.42 Å². The maximum absolute atomic E-state index is 5.02. The third kappa shape index (κ3) is 7.84. The van der Waals surface area contributed by atoms with Gasteiger partial charge in [-0.2, -0.15) is 0 Å². The molecule has 0 aromatic heterocycles. The van der Waals surface area contributed by atoms with Crippen molar-refractivity contribution in [2.75, 3.05) is 19.6 Å². The Morgan fingerprint density at radius 1 is 1.29 bits per heavy atom. The Labute approximate surface area is 108 Å². The highest BCUT2D eigenvalue weighted by atomic mass is 32.1. The average Bonchev–Trinajstić information content (AvgIpc) is 2.09. The summed E-state index contributed by atoms with van der Waals surface area (Å²) in [5.74, 6) is 0. The van der Waals surface area contributed by atoms with Gasteiger partial charge in [-0.1, -0.05) is 37.8 Å². The summed E-state index contributed by atoms with van der Waals surface area (Å²) in [6.45, 7) is 4.69. The molecule has 0 aliphatic heterocycles. The first kappa shape index (κ1) is 14.5. The van der Waals surface area contributed by atoms with Crippen LogP contribution in [0.1, 0.15) is 19.8 Å². The van der Waals surface area contributed by atoms with Gasteiger partial charge in [-0.3, -0.25) is 0 Å². The molecule has 6 heteroatoms. The van der Waals surface area contributed by atoms with Crippen LogP contribution in [0.15, 0.2) is 0 Å². The first-order valence-corrected chi connectivity index (χ1v) is 6.23. The van der Waals surface area contributed by atoms with Crippen LogP contribution in [0, 0.1) is 0 Å². The molecule has 0 amide bonds. The molecule has 0 aliphatic rings. The number of thiocarbonyl (C=S) groups is 2. The van der Waals surface area contributed by atoms with E-state index < -0.39 is 0 Å². The topological polar surface area (TPSA) is 15.3 Å². The molecule has 82 valence electrons. The molecule has 0 saturated carbocycles. The maximum Gasteiger partial charge on any atom is 0.133 e. The van der Waals surface area contributed by atoms with Crippen LogP contribution in [0.5, 0.6) is 0 Å². The molecule has 2 nitrogen and oxygen atoms in total. The fourth-order valence-corrected chi connectivity index (χ4v) is 1.55. The molecule has 0 heterocycles. The van der Waals surface area contributed by atoms with Gasteiger partial charge in [-0.15, -0.1) is 25.3 Å². The minimum Gasteiger partial charge on any atom is -0.369 e. The molecule has 0 aliphatic carbocycles. The van der Waals surface area contributed by atoms with Crippen LogP contribution in [-0.2, 0) is 0 Å². The quantitative estimate of drug-likeness (QED) is 0.505. The summed E-state index contributed by atoms with van der Waals surface area (Å²) in [4.78, 5) is 2.06. The zero-order valence-electron chi connectivity index (χ0n) is 8.19. The van der Waals surface area contributed by atoms with E-state index in [1.54, 1.807) is 0 Å². The van der Waals surface area contributed by atoms with Crippen molar-refractivity contribution in [3.8, 4) is 0 Å². The molecule has 0 unspecified atom stereocenters. The van der Waals surface area contributed by atoms with Gasteiger partial charge in [0.25, 0.3) is 0 Å². The molecular weight excluding hydrogens is 252 g/mol. The first-order chi connectivity index (χ1) is 6.57. The van der Waals surface area contributed by atoms with E-state index in [1.165, 1.54) is 0 Å². The van der Waals surface area contributed by atoms with Crippen LogP contribution in [0.25, 0.3) is 0 Å². The van der Waals surface area contributed by atoms with E-state index in [-0.39, 0.29) is 0 Å². The highest BCUT2D eigenvalue weighted by molar-refractivity contribution is 8.11. The second-order valence-electron chi connectivity index (χ2n) is 2.86. The van der Waals surface area contributed by atoms with E-state index in [0.717, 1.165) is 32.5 Å². The van der Waals surface area contributed by atoms with Crippen molar-refractivity contribution in [2.24, 2.45) is 0 Å². The maximum atomic E-state index is 5.02. The third-order valence-corrected chi connectivity index (χ3v) is 2.55. The van der Waals surface area contributed by atoms with E-state index in [9.17, 15) is 0 Å². The fourth-order valence-electron chi connectivity index (χ4n) is 0.950. The number of thiol groups is 2. The molecule has 0 bridgehead atoms. The summed E-state index contributed by atoms with van der Waals surface area (Å²) in [7, 11) is 0. The fraction of sp³-hybridized carbons (Fsp3) is 0.750. The highest BCUT2D eigenvalue weighted by Gasteiger charge is 2.04. The van der Waals surface area contributed by atoms with Gasteiger partial charge in [0.2, 0.25) is 0 Å². The molecule has 1 N–H and O–H groups in total. The van der Waals surface area contributed by atoms with E-state index in [2.05, 4.69) is 42.4 Å². The number of rotatable bonds is 6. The molecule has 0 aromatic carbocycles. The van der Waals surface area contributed by atoms with Crippen molar-refractivity contribution in [2.45, 2.75) is 19.8 Å². The largest absolute Gasteiger partial charge is 0.369 e. The van der Waals surface area contributed by atoms with Gasteiger partial charge in [0.1, 0.15) is 8.64 Å². The number of nitrogens with one attached hydrogen (secondary N) is 1. The van der Waals surface area contributed by atoms with Gasteiger partial charge >= 0.3 is 0 Å². The molecule has 0 rings (SSSR count). The molecule has 14 heavy (non-hydrogen) atoms. The minimum absolute atomic E-state index is 0.519. The Morgan fingerprint density at radius 3 is 2.36 bits per heavy atom. The SMILES string of the molecule is CCCCN(CCNC(=S)S)C(=S)S. The van der Waals surface area contributed by atoms with Gasteiger partial charge in [0, 0.05) is 19.6 Å². The first-order valence-electron chi connectivity index (χ1n) is 4.52. The van der Waals surface area contributed by atoms with Crippen LogP contribution in [0.4, 0.5) is 0 Å². The van der Waals surface area contributed by atoms with Crippen molar-refractivity contribution < 1.29 is 0 Å². The Kier molecular flexibility index (Phi) is 9.06. The summed E-state index contributed by atoms with van der Waals surface area (Å²) in [5.41, 5.74) is 0. The van der Waals surface area contributed by atoms with Crippen LogP contribution in [0.3, 0.4) is 0 Å². The van der Waals surface area contributed by atoms with E-state index in [1.807, 2.05) is 0 Å². The van der Waals surface area contributed by atoms with E-state index in [4.69, 9.17) is 24.4 Å². The lowest BCUT2D eigenvalue weighted by molar-refractivity contribution is 0.425. The highest BCUT2D eigenvalue weighted by Crippen LogP contribution is 1.99. The molecule has 0 aromatic rings.